The molecule has 2 rings (SSSR count). The predicted molar refractivity (Wildman–Crippen MR) is 85.2 cm³/mol. The largest absolute Gasteiger partial charge is 0.383 e. The summed E-state index contributed by atoms with van der Waals surface area (Å²) < 4.78 is 10.3. The van der Waals surface area contributed by atoms with E-state index in [0.717, 1.165) is 42.2 Å². The lowest BCUT2D eigenvalue weighted by molar-refractivity contribution is 0.199. The van der Waals surface area contributed by atoms with E-state index in [4.69, 9.17) is 4.74 Å². The Morgan fingerprint density at radius 2 is 2.24 bits per heavy atom. The summed E-state index contributed by atoms with van der Waals surface area (Å²) in [7, 11) is 1.70. The van der Waals surface area contributed by atoms with Crippen LogP contribution in [0.2, 0.25) is 0 Å². The summed E-state index contributed by atoms with van der Waals surface area (Å²) in [5.41, 5.74) is 2.19. The molecule has 0 aliphatic rings. The molecule has 0 saturated heterocycles. The molecule has 0 atom stereocenters. The number of hydrogen-bond acceptors (Lipinski definition) is 4. The second-order valence-corrected chi connectivity index (χ2v) is 5.60. The van der Waals surface area contributed by atoms with Crippen molar-refractivity contribution in [2.24, 2.45) is 0 Å². The SMILES string of the molecule is CCn1nc(C)c(Br)c1Cn1ccnc1CNCCOC. The Morgan fingerprint density at radius 1 is 1.43 bits per heavy atom. The quantitative estimate of drug-likeness (QED) is 0.735. The monoisotopic (exact) mass is 355 g/mol. The first-order valence-corrected chi connectivity index (χ1v) is 7.88. The highest BCUT2D eigenvalue weighted by Gasteiger charge is 2.13. The molecule has 7 heteroatoms. The van der Waals surface area contributed by atoms with E-state index >= 15 is 0 Å². The van der Waals surface area contributed by atoms with E-state index in [1.165, 1.54) is 5.69 Å². The van der Waals surface area contributed by atoms with E-state index in [1.807, 2.05) is 24.0 Å². The summed E-state index contributed by atoms with van der Waals surface area (Å²) in [4.78, 5) is 4.42. The number of ether oxygens (including phenoxy) is 1. The van der Waals surface area contributed by atoms with Crippen molar-refractivity contribution in [1.29, 1.82) is 0 Å². The van der Waals surface area contributed by atoms with E-state index in [-0.39, 0.29) is 0 Å². The predicted octanol–water partition coefficient (Wildman–Crippen LogP) is 1.95. The zero-order valence-electron chi connectivity index (χ0n) is 12.8. The average Bonchev–Trinajstić information content (AvgIpc) is 3.03. The molecule has 2 heterocycles. The molecule has 21 heavy (non-hydrogen) atoms. The lowest BCUT2D eigenvalue weighted by Gasteiger charge is -2.10. The highest BCUT2D eigenvalue weighted by molar-refractivity contribution is 9.10. The average molecular weight is 356 g/mol. The van der Waals surface area contributed by atoms with Crippen LogP contribution in [0.5, 0.6) is 0 Å². The minimum atomic E-state index is 0.702. The van der Waals surface area contributed by atoms with E-state index < -0.39 is 0 Å². The van der Waals surface area contributed by atoms with Gasteiger partial charge in [-0.25, -0.2) is 4.98 Å². The molecule has 0 aliphatic carbocycles. The van der Waals surface area contributed by atoms with Gasteiger partial charge in [0.25, 0.3) is 0 Å². The molecule has 0 amide bonds. The van der Waals surface area contributed by atoms with Crippen molar-refractivity contribution < 1.29 is 4.74 Å². The molecule has 0 aliphatic heterocycles. The van der Waals surface area contributed by atoms with Crippen LogP contribution in [0.4, 0.5) is 0 Å². The molecule has 0 fully saturated rings. The minimum absolute atomic E-state index is 0.702. The minimum Gasteiger partial charge on any atom is -0.383 e. The molecular formula is C14H22BrN5O. The lowest BCUT2D eigenvalue weighted by atomic mass is 10.3. The van der Waals surface area contributed by atoms with Crippen molar-refractivity contribution in [1.82, 2.24) is 24.6 Å². The number of aryl methyl sites for hydroxylation is 2. The molecule has 0 spiro atoms. The third kappa shape index (κ3) is 3.93. The summed E-state index contributed by atoms with van der Waals surface area (Å²) in [6, 6.07) is 0. The Labute approximate surface area is 133 Å². The molecule has 0 unspecified atom stereocenters. The first-order chi connectivity index (χ1) is 10.2. The number of nitrogens with one attached hydrogen (secondary N) is 1. The van der Waals surface area contributed by atoms with Gasteiger partial charge in [-0.15, -0.1) is 0 Å². The van der Waals surface area contributed by atoms with Crippen molar-refractivity contribution in [3.8, 4) is 0 Å². The van der Waals surface area contributed by atoms with Gasteiger partial charge in [0.1, 0.15) is 5.82 Å². The second-order valence-electron chi connectivity index (χ2n) is 4.80. The van der Waals surface area contributed by atoms with Crippen LogP contribution in [0.15, 0.2) is 16.9 Å². The maximum Gasteiger partial charge on any atom is 0.123 e. The van der Waals surface area contributed by atoms with Crippen molar-refractivity contribution >= 4 is 15.9 Å². The summed E-state index contributed by atoms with van der Waals surface area (Å²) in [5, 5.41) is 7.85. The topological polar surface area (TPSA) is 56.9 Å². The van der Waals surface area contributed by atoms with Crippen molar-refractivity contribution in [3.63, 3.8) is 0 Å². The number of imidazole rings is 1. The van der Waals surface area contributed by atoms with Crippen LogP contribution in [0.1, 0.15) is 24.1 Å². The number of aromatic nitrogens is 4. The lowest BCUT2D eigenvalue weighted by Crippen LogP contribution is -2.21. The van der Waals surface area contributed by atoms with Crippen LogP contribution in [-0.2, 0) is 24.4 Å². The van der Waals surface area contributed by atoms with E-state index in [9.17, 15) is 0 Å². The van der Waals surface area contributed by atoms with Gasteiger partial charge in [0.2, 0.25) is 0 Å². The second kappa shape index (κ2) is 7.72. The molecule has 0 aromatic carbocycles. The van der Waals surface area contributed by atoms with Gasteiger partial charge >= 0.3 is 0 Å². The van der Waals surface area contributed by atoms with Crippen molar-refractivity contribution in [2.75, 3.05) is 20.3 Å². The molecular weight excluding hydrogens is 334 g/mol. The third-order valence-electron chi connectivity index (χ3n) is 3.34. The molecule has 6 nitrogen and oxygen atoms in total. The zero-order chi connectivity index (χ0) is 15.2. The highest BCUT2D eigenvalue weighted by atomic mass is 79.9. The molecule has 0 saturated carbocycles. The summed E-state index contributed by atoms with van der Waals surface area (Å²) in [5.74, 6) is 1.01. The Bertz CT molecular complexity index is 578. The van der Waals surface area contributed by atoms with Gasteiger partial charge in [0.05, 0.1) is 35.6 Å². The van der Waals surface area contributed by atoms with Crippen LogP contribution >= 0.6 is 15.9 Å². The van der Waals surface area contributed by atoms with E-state index in [0.29, 0.717) is 6.61 Å². The number of methoxy groups -OCH3 is 1. The summed E-state index contributed by atoms with van der Waals surface area (Å²) >= 11 is 3.64. The Hall–Kier alpha value is -1.18. The molecule has 116 valence electrons. The molecule has 2 aromatic rings. The maximum absolute atomic E-state index is 5.03. The Morgan fingerprint density at radius 3 is 2.95 bits per heavy atom. The van der Waals surface area contributed by atoms with Gasteiger partial charge in [-0.05, 0) is 29.8 Å². The Kier molecular flexibility index (Phi) is 5.96. The fourth-order valence-corrected chi connectivity index (χ4v) is 2.62. The fourth-order valence-electron chi connectivity index (χ4n) is 2.21. The Balaban J connectivity index is 2.08. The number of nitrogens with zero attached hydrogens (tertiary/aromatic N) is 4. The van der Waals surface area contributed by atoms with Crippen molar-refractivity contribution in [3.05, 3.63) is 34.1 Å². The third-order valence-corrected chi connectivity index (χ3v) is 4.37. The van der Waals surface area contributed by atoms with Crippen LogP contribution in [0.25, 0.3) is 0 Å². The van der Waals surface area contributed by atoms with E-state index in [1.54, 1.807) is 7.11 Å². The first kappa shape index (κ1) is 16.2. The van der Waals surface area contributed by atoms with Gasteiger partial charge in [-0.3, -0.25) is 4.68 Å². The highest BCUT2D eigenvalue weighted by Crippen LogP contribution is 2.22. The number of rotatable bonds is 8. The normalized spacial score (nSPS) is 11.2. The van der Waals surface area contributed by atoms with Crippen molar-refractivity contribution in [2.45, 2.75) is 33.5 Å². The number of halogens is 1. The number of hydrogen-bond donors (Lipinski definition) is 1. The zero-order valence-corrected chi connectivity index (χ0v) is 14.4. The first-order valence-electron chi connectivity index (χ1n) is 7.08. The standard InChI is InChI=1S/C14H22BrN5O/c1-4-20-12(14(15)11(2)18-20)10-19-7-5-17-13(19)9-16-6-8-21-3/h5,7,16H,4,6,8-10H2,1-3H3. The van der Waals surface area contributed by atoms with Gasteiger partial charge in [-0.1, -0.05) is 0 Å². The van der Waals surface area contributed by atoms with Gasteiger partial charge < -0.3 is 14.6 Å². The van der Waals surface area contributed by atoms with Gasteiger partial charge in [-0.2, -0.15) is 5.10 Å². The van der Waals surface area contributed by atoms with Gasteiger partial charge in [0, 0.05) is 32.6 Å². The van der Waals surface area contributed by atoms with Crippen LogP contribution in [-0.4, -0.2) is 39.6 Å². The van der Waals surface area contributed by atoms with Crippen LogP contribution in [0, 0.1) is 6.92 Å². The fraction of sp³-hybridized carbons (Fsp3) is 0.571. The van der Waals surface area contributed by atoms with Gasteiger partial charge in [0.15, 0.2) is 0 Å². The molecule has 0 bridgehead atoms. The maximum atomic E-state index is 5.03. The summed E-state index contributed by atoms with van der Waals surface area (Å²) in [6.07, 6.45) is 3.84. The van der Waals surface area contributed by atoms with E-state index in [2.05, 4.69) is 42.8 Å². The summed E-state index contributed by atoms with van der Waals surface area (Å²) in [6.45, 7) is 7.99. The van der Waals surface area contributed by atoms with Crippen LogP contribution in [0.3, 0.4) is 0 Å². The molecule has 2 aromatic heterocycles. The smallest absolute Gasteiger partial charge is 0.123 e. The van der Waals surface area contributed by atoms with Crippen LogP contribution < -0.4 is 5.32 Å². The molecule has 0 radical (unpaired) electrons. The molecule has 1 N–H and O–H groups in total.